The van der Waals surface area contributed by atoms with Crippen LogP contribution in [0.25, 0.3) is 0 Å². The molecule has 1 fully saturated rings. The summed E-state index contributed by atoms with van der Waals surface area (Å²) in [7, 11) is 0. The Labute approximate surface area is 67.8 Å². The number of ketones is 1. The molecule has 2 nitrogen and oxygen atoms in total. The van der Waals surface area contributed by atoms with Crippen molar-refractivity contribution < 1.29 is 4.79 Å². The number of carbonyl (C=O) groups excluding carboxylic acids is 1. The van der Waals surface area contributed by atoms with Crippen molar-refractivity contribution in [3.8, 4) is 0 Å². The molecule has 1 aliphatic heterocycles. The van der Waals surface area contributed by atoms with Gasteiger partial charge < -0.3 is 5.32 Å². The fraction of sp³-hybridized carbons (Fsp3) is 0.857. The van der Waals surface area contributed by atoms with E-state index < -0.39 is 0 Å². The zero-order valence-electron chi connectivity index (χ0n) is 6.39. The molecule has 1 rings (SSSR count). The normalized spacial score (nSPS) is 33.2. The Kier molecular flexibility index (Phi) is 3.91. The summed E-state index contributed by atoms with van der Waals surface area (Å²) in [5, 5.41) is 3.29. The van der Waals surface area contributed by atoms with Crippen molar-refractivity contribution in [1.29, 1.82) is 0 Å². The minimum atomic E-state index is 0. The lowest BCUT2D eigenvalue weighted by Crippen LogP contribution is -2.42. The SMILES string of the molecule is C[C@@H]1CC(=O)C[C@@H](C)N1.Cl. The molecule has 1 N–H and O–H groups in total. The Bertz CT molecular complexity index is 115. The molecular weight excluding hydrogens is 150 g/mol. The second kappa shape index (κ2) is 3.94. The van der Waals surface area contributed by atoms with Crippen LogP contribution in [0.1, 0.15) is 26.7 Å². The van der Waals surface area contributed by atoms with E-state index in [4.69, 9.17) is 0 Å². The number of carbonyl (C=O) groups is 1. The first-order valence-corrected chi connectivity index (χ1v) is 3.46. The first kappa shape index (κ1) is 9.92. The highest BCUT2D eigenvalue weighted by Crippen LogP contribution is 2.07. The van der Waals surface area contributed by atoms with Gasteiger partial charge in [0, 0.05) is 24.9 Å². The lowest BCUT2D eigenvalue weighted by molar-refractivity contribution is -0.121. The monoisotopic (exact) mass is 163 g/mol. The highest BCUT2D eigenvalue weighted by Gasteiger charge is 2.19. The highest BCUT2D eigenvalue weighted by atomic mass is 35.5. The van der Waals surface area contributed by atoms with Crippen molar-refractivity contribution in [3.63, 3.8) is 0 Å². The first-order valence-electron chi connectivity index (χ1n) is 3.46. The zero-order valence-corrected chi connectivity index (χ0v) is 7.20. The van der Waals surface area contributed by atoms with Gasteiger partial charge in [-0.15, -0.1) is 12.4 Å². The van der Waals surface area contributed by atoms with Crippen LogP contribution in [0.15, 0.2) is 0 Å². The van der Waals surface area contributed by atoms with Gasteiger partial charge in [0.2, 0.25) is 0 Å². The lowest BCUT2D eigenvalue weighted by Gasteiger charge is -2.24. The molecule has 60 valence electrons. The lowest BCUT2D eigenvalue weighted by atomic mass is 10.00. The van der Waals surface area contributed by atoms with Gasteiger partial charge in [0.1, 0.15) is 5.78 Å². The van der Waals surface area contributed by atoms with Crippen molar-refractivity contribution >= 4 is 18.2 Å². The Morgan fingerprint density at radius 1 is 1.30 bits per heavy atom. The molecule has 10 heavy (non-hydrogen) atoms. The van der Waals surface area contributed by atoms with Crippen molar-refractivity contribution in [1.82, 2.24) is 5.32 Å². The van der Waals surface area contributed by atoms with Crippen LogP contribution in [-0.2, 0) is 4.79 Å². The van der Waals surface area contributed by atoms with Crippen LogP contribution < -0.4 is 5.32 Å². The zero-order chi connectivity index (χ0) is 6.85. The fourth-order valence-corrected chi connectivity index (χ4v) is 1.37. The summed E-state index contributed by atoms with van der Waals surface area (Å²) in [6.45, 7) is 4.10. The van der Waals surface area contributed by atoms with Gasteiger partial charge in [-0.1, -0.05) is 0 Å². The minimum Gasteiger partial charge on any atom is -0.311 e. The van der Waals surface area contributed by atoms with E-state index in [1.807, 2.05) is 13.8 Å². The predicted molar refractivity (Wildman–Crippen MR) is 43.5 cm³/mol. The molecule has 0 spiro atoms. The van der Waals surface area contributed by atoms with Gasteiger partial charge in [0.25, 0.3) is 0 Å². The quantitative estimate of drug-likeness (QED) is 0.580. The average molecular weight is 164 g/mol. The molecule has 0 aromatic rings. The third-order valence-corrected chi connectivity index (χ3v) is 1.64. The van der Waals surface area contributed by atoms with Gasteiger partial charge in [0.05, 0.1) is 0 Å². The van der Waals surface area contributed by atoms with Gasteiger partial charge in [-0.3, -0.25) is 4.79 Å². The van der Waals surface area contributed by atoms with Crippen LogP contribution in [0.3, 0.4) is 0 Å². The maximum Gasteiger partial charge on any atom is 0.135 e. The number of halogens is 1. The predicted octanol–water partition coefficient (Wildman–Crippen LogP) is 1.14. The molecule has 0 aromatic carbocycles. The van der Waals surface area contributed by atoms with Crippen LogP contribution >= 0.6 is 12.4 Å². The molecule has 0 saturated carbocycles. The van der Waals surface area contributed by atoms with Gasteiger partial charge in [0.15, 0.2) is 0 Å². The average Bonchev–Trinajstić information content (AvgIpc) is 1.59. The van der Waals surface area contributed by atoms with E-state index in [9.17, 15) is 4.79 Å². The Morgan fingerprint density at radius 3 is 2.00 bits per heavy atom. The summed E-state index contributed by atoms with van der Waals surface area (Å²) >= 11 is 0. The molecule has 0 bridgehead atoms. The molecular formula is C7H14ClNO. The third kappa shape index (κ3) is 2.67. The molecule has 0 aromatic heterocycles. The topological polar surface area (TPSA) is 29.1 Å². The van der Waals surface area contributed by atoms with Gasteiger partial charge in [-0.05, 0) is 13.8 Å². The maximum absolute atomic E-state index is 10.8. The van der Waals surface area contributed by atoms with E-state index in [2.05, 4.69) is 5.32 Å². The van der Waals surface area contributed by atoms with Crippen molar-refractivity contribution in [3.05, 3.63) is 0 Å². The summed E-state index contributed by atoms with van der Waals surface area (Å²) in [4.78, 5) is 10.8. The Morgan fingerprint density at radius 2 is 1.70 bits per heavy atom. The number of piperidine rings is 1. The van der Waals surface area contributed by atoms with E-state index in [1.165, 1.54) is 0 Å². The van der Waals surface area contributed by atoms with E-state index in [1.54, 1.807) is 0 Å². The molecule has 0 amide bonds. The summed E-state index contributed by atoms with van der Waals surface area (Å²) in [6.07, 6.45) is 1.43. The first-order chi connectivity index (χ1) is 4.18. The number of hydrogen-bond donors (Lipinski definition) is 1. The van der Waals surface area contributed by atoms with Crippen LogP contribution in [0, 0.1) is 0 Å². The third-order valence-electron chi connectivity index (χ3n) is 1.64. The number of Topliss-reactive ketones (excluding diaryl/α,β-unsaturated/α-hetero) is 1. The molecule has 0 aliphatic carbocycles. The number of rotatable bonds is 0. The molecule has 0 radical (unpaired) electrons. The second-order valence-electron chi connectivity index (χ2n) is 2.92. The van der Waals surface area contributed by atoms with Crippen LogP contribution in [0.2, 0.25) is 0 Å². The summed E-state index contributed by atoms with van der Waals surface area (Å²) in [5.74, 6) is 0.397. The molecule has 1 saturated heterocycles. The van der Waals surface area contributed by atoms with E-state index in [0.717, 1.165) is 0 Å². The van der Waals surface area contributed by atoms with E-state index >= 15 is 0 Å². The van der Waals surface area contributed by atoms with E-state index in [-0.39, 0.29) is 12.4 Å². The van der Waals surface area contributed by atoms with Crippen molar-refractivity contribution in [2.75, 3.05) is 0 Å². The molecule has 2 atom stereocenters. The number of nitrogens with one attached hydrogen (secondary N) is 1. The summed E-state index contributed by atoms with van der Waals surface area (Å²) in [5.41, 5.74) is 0. The van der Waals surface area contributed by atoms with Crippen molar-refractivity contribution in [2.24, 2.45) is 0 Å². The Balaban J connectivity index is 0.000000810. The fourth-order valence-electron chi connectivity index (χ4n) is 1.37. The molecule has 1 heterocycles. The molecule has 3 heteroatoms. The largest absolute Gasteiger partial charge is 0.311 e. The number of hydrogen-bond acceptors (Lipinski definition) is 2. The smallest absolute Gasteiger partial charge is 0.135 e. The van der Waals surface area contributed by atoms with Gasteiger partial charge >= 0.3 is 0 Å². The van der Waals surface area contributed by atoms with E-state index in [0.29, 0.717) is 30.7 Å². The Hall–Kier alpha value is -0.0800. The highest BCUT2D eigenvalue weighted by molar-refractivity contribution is 5.85. The van der Waals surface area contributed by atoms with Gasteiger partial charge in [-0.2, -0.15) is 0 Å². The minimum absolute atomic E-state index is 0. The summed E-state index contributed by atoms with van der Waals surface area (Å²) < 4.78 is 0. The summed E-state index contributed by atoms with van der Waals surface area (Å²) in [6, 6.07) is 0.780. The van der Waals surface area contributed by atoms with Crippen molar-refractivity contribution in [2.45, 2.75) is 38.8 Å². The second-order valence-corrected chi connectivity index (χ2v) is 2.92. The molecule has 1 aliphatic rings. The standard InChI is InChI=1S/C7H13NO.ClH/c1-5-3-7(9)4-6(2)8-5;/h5-6,8H,3-4H2,1-2H3;1H/t5-,6-;/m1./s1. The van der Waals surface area contributed by atoms with Crippen LogP contribution in [0.4, 0.5) is 0 Å². The van der Waals surface area contributed by atoms with Crippen LogP contribution in [-0.4, -0.2) is 17.9 Å². The maximum atomic E-state index is 10.8. The molecule has 0 unspecified atom stereocenters. The van der Waals surface area contributed by atoms with Crippen LogP contribution in [0.5, 0.6) is 0 Å². The van der Waals surface area contributed by atoms with Gasteiger partial charge in [-0.25, -0.2) is 0 Å².